The lowest BCUT2D eigenvalue weighted by Crippen LogP contribution is -2.26. The van der Waals surface area contributed by atoms with Crippen molar-refractivity contribution in [2.24, 2.45) is 17.8 Å². The molecule has 0 heterocycles. The number of rotatable bonds is 7. The molecule has 1 saturated carbocycles. The quantitative estimate of drug-likeness (QED) is 0.570. The summed E-state index contributed by atoms with van der Waals surface area (Å²) in [7, 11) is 0. The van der Waals surface area contributed by atoms with Crippen LogP contribution in [-0.2, 0) is 0 Å². The van der Waals surface area contributed by atoms with Gasteiger partial charge < -0.3 is 10.2 Å². The Morgan fingerprint density at radius 2 is 1.96 bits per heavy atom. The lowest BCUT2D eigenvalue weighted by Gasteiger charge is -2.38. The van der Waals surface area contributed by atoms with Crippen LogP contribution in [0, 0.1) is 17.8 Å². The first-order valence-corrected chi connectivity index (χ1v) is 10.4. The molecule has 2 heteroatoms. The fourth-order valence-electron chi connectivity index (χ4n) is 4.60. The molecule has 0 amide bonds. The first-order chi connectivity index (χ1) is 12.5. The highest BCUT2D eigenvalue weighted by Crippen LogP contribution is 2.45. The van der Waals surface area contributed by atoms with E-state index in [0.717, 1.165) is 38.5 Å². The van der Waals surface area contributed by atoms with E-state index in [2.05, 4.69) is 45.9 Å². The molecule has 0 bridgehead atoms. The Labute approximate surface area is 160 Å². The Kier molecular flexibility index (Phi) is 8.37. The summed E-state index contributed by atoms with van der Waals surface area (Å²) in [5.74, 6) is 1.80. The monoisotopic (exact) mass is 358 g/mol. The van der Waals surface area contributed by atoms with E-state index < -0.39 is 0 Å². The van der Waals surface area contributed by atoms with Crippen molar-refractivity contribution < 1.29 is 10.2 Å². The van der Waals surface area contributed by atoms with Gasteiger partial charge in [-0.2, -0.15) is 0 Å². The van der Waals surface area contributed by atoms with E-state index in [-0.39, 0.29) is 6.61 Å². The average molecular weight is 359 g/mol. The number of allylic oxidation sites excluding steroid dienone is 7. The van der Waals surface area contributed by atoms with Gasteiger partial charge in [0.25, 0.3) is 0 Å². The van der Waals surface area contributed by atoms with E-state index in [1.165, 1.54) is 28.7 Å². The summed E-state index contributed by atoms with van der Waals surface area (Å²) in [4.78, 5) is 0. The normalized spacial score (nSPS) is 25.5. The minimum atomic E-state index is 0.243. The lowest BCUT2D eigenvalue weighted by molar-refractivity contribution is 0.234. The molecule has 146 valence electrons. The van der Waals surface area contributed by atoms with Crippen molar-refractivity contribution >= 4 is 0 Å². The topological polar surface area (TPSA) is 40.5 Å². The van der Waals surface area contributed by atoms with Crippen molar-refractivity contribution in [3.8, 4) is 0 Å². The highest BCUT2D eigenvalue weighted by molar-refractivity contribution is 5.44. The second-order valence-corrected chi connectivity index (χ2v) is 8.52. The fourth-order valence-corrected chi connectivity index (χ4v) is 4.60. The molecule has 1 fully saturated rings. The Balaban J connectivity index is 2.37. The second kappa shape index (κ2) is 10.3. The standard InChI is InChI=1S/C24H38O2/c1-17(2)21-11-12-22(18(3)4)24(16-21)23-15-19(7-5-13-25)9-10-20(23)8-6-14-26/h7,11-12,18,20,23,25-26H,5-6,8-10,13-16H2,1-4H3. The summed E-state index contributed by atoms with van der Waals surface area (Å²) in [6, 6.07) is 0. The van der Waals surface area contributed by atoms with E-state index in [1.54, 1.807) is 5.57 Å². The van der Waals surface area contributed by atoms with Gasteiger partial charge in [0.1, 0.15) is 0 Å². The number of hydrogen-bond acceptors (Lipinski definition) is 2. The summed E-state index contributed by atoms with van der Waals surface area (Å²) < 4.78 is 0. The third kappa shape index (κ3) is 5.44. The Hall–Kier alpha value is -1.12. The van der Waals surface area contributed by atoms with E-state index in [0.29, 0.717) is 24.4 Å². The average Bonchev–Trinajstić information content (AvgIpc) is 2.64. The molecule has 0 spiro atoms. The molecule has 2 rings (SSSR count). The van der Waals surface area contributed by atoms with Gasteiger partial charge in [0.15, 0.2) is 0 Å². The third-order valence-electron chi connectivity index (χ3n) is 6.11. The molecule has 2 aliphatic carbocycles. The molecule has 0 aliphatic heterocycles. The maximum Gasteiger partial charge on any atom is 0.0465 e. The molecular formula is C24H38O2. The summed E-state index contributed by atoms with van der Waals surface area (Å²) in [5, 5.41) is 18.5. The van der Waals surface area contributed by atoms with Gasteiger partial charge in [-0.25, -0.2) is 0 Å². The van der Waals surface area contributed by atoms with Crippen LogP contribution in [0.1, 0.15) is 72.6 Å². The van der Waals surface area contributed by atoms with Crippen molar-refractivity contribution in [1.82, 2.24) is 0 Å². The third-order valence-corrected chi connectivity index (χ3v) is 6.11. The molecule has 26 heavy (non-hydrogen) atoms. The predicted molar refractivity (Wildman–Crippen MR) is 111 cm³/mol. The van der Waals surface area contributed by atoms with E-state index >= 15 is 0 Å². The molecule has 2 N–H and O–H groups in total. The molecule has 0 aromatic rings. The van der Waals surface area contributed by atoms with Crippen molar-refractivity contribution in [2.45, 2.75) is 72.6 Å². The van der Waals surface area contributed by atoms with E-state index in [9.17, 15) is 10.2 Å². The summed E-state index contributed by atoms with van der Waals surface area (Å²) in [5.41, 5.74) is 7.57. The first-order valence-electron chi connectivity index (χ1n) is 10.4. The SMILES string of the molecule is CC(C)=C1C=CC(C(C)C)=C(C2CC(=CCCO)CCC2CCCO)C1. The number of aliphatic hydroxyl groups excluding tert-OH is 2. The molecule has 0 saturated heterocycles. The van der Waals surface area contributed by atoms with Gasteiger partial charge >= 0.3 is 0 Å². The highest BCUT2D eigenvalue weighted by atomic mass is 16.3. The van der Waals surface area contributed by atoms with Gasteiger partial charge in [0.2, 0.25) is 0 Å². The van der Waals surface area contributed by atoms with E-state index in [4.69, 9.17) is 0 Å². The zero-order chi connectivity index (χ0) is 19.1. The maximum absolute atomic E-state index is 9.35. The maximum atomic E-state index is 9.35. The molecule has 2 atom stereocenters. The van der Waals surface area contributed by atoms with Crippen LogP contribution < -0.4 is 0 Å². The van der Waals surface area contributed by atoms with Crippen molar-refractivity contribution in [3.63, 3.8) is 0 Å². The van der Waals surface area contributed by atoms with Crippen LogP contribution in [0.25, 0.3) is 0 Å². The van der Waals surface area contributed by atoms with Crippen molar-refractivity contribution in [2.75, 3.05) is 13.2 Å². The minimum absolute atomic E-state index is 0.243. The summed E-state index contributed by atoms with van der Waals surface area (Å²) in [6.45, 7) is 9.59. The largest absolute Gasteiger partial charge is 0.396 e. The van der Waals surface area contributed by atoms with Crippen LogP contribution in [0.2, 0.25) is 0 Å². The molecule has 2 unspecified atom stereocenters. The van der Waals surface area contributed by atoms with Gasteiger partial charge in [-0.05, 0) is 87.7 Å². The van der Waals surface area contributed by atoms with Crippen LogP contribution in [-0.4, -0.2) is 23.4 Å². The molecule has 0 aromatic heterocycles. The Bertz CT molecular complexity index is 585. The van der Waals surface area contributed by atoms with Gasteiger partial charge in [-0.1, -0.05) is 48.8 Å². The smallest absolute Gasteiger partial charge is 0.0465 e. The van der Waals surface area contributed by atoms with Crippen LogP contribution in [0.4, 0.5) is 0 Å². The summed E-state index contributed by atoms with van der Waals surface area (Å²) >= 11 is 0. The van der Waals surface area contributed by atoms with Gasteiger partial charge in [0, 0.05) is 13.2 Å². The van der Waals surface area contributed by atoms with E-state index in [1.807, 2.05) is 0 Å². The molecular weight excluding hydrogens is 320 g/mol. The predicted octanol–water partition coefficient (Wildman–Crippen LogP) is 5.73. The minimum Gasteiger partial charge on any atom is -0.396 e. The molecule has 0 aromatic carbocycles. The zero-order valence-electron chi connectivity index (χ0n) is 17.2. The zero-order valence-corrected chi connectivity index (χ0v) is 17.2. The Morgan fingerprint density at radius 3 is 2.58 bits per heavy atom. The molecule has 0 radical (unpaired) electrons. The van der Waals surface area contributed by atoms with Crippen molar-refractivity contribution in [3.05, 3.63) is 46.1 Å². The number of aliphatic hydroxyl groups is 2. The van der Waals surface area contributed by atoms with Crippen LogP contribution in [0.15, 0.2) is 46.1 Å². The highest BCUT2D eigenvalue weighted by Gasteiger charge is 2.32. The molecule has 2 aliphatic rings. The van der Waals surface area contributed by atoms with Gasteiger partial charge in [-0.3, -0.25) is 0 Å². The van der Waals surface area contributed by atoms with Gasteiger partial charge in [0.05, 0.1) is 0 Å². The fraction of sp³-hybridized carbons (Fsp3) is 0.667. The molecule has 2 nitrogen and oxygen atoms in total. The Morgan fingerprint density at radius 1 is 1.19 bits per heavy atom. The van der Waals surface area contributed by atoms with Crippen LogP contribution in [0.5, 0.6) is 0 Å². The summed E-state index contributed by atoms with van der Waals surface area (Å²) in [6.07, 6.45) is 14.3. The lowest BCUT2D eigenvalue weighted by atomic mass is 9.67. The van der Waals surface area contributed by atoms with Crippen molar-refractivity contribution in [1.29, 1.82) is 0 Å². The number of hydrogen-bond donors (Lipinski definition) is 2. The first kappa shape index (κ1) is 21.2. The van der Waals surface area contributed by atoms with Crippen LogP contribution >= 0.6 is 0 Å². The van der Waals surface area contributed by atoms with Gasteiger partial charge in [-0.15, -0.1) is 0 Å². The van der Waals surface area contributed by atoms with Crippen LogP contribution in [0.3, 0.4) is 0 Å². The second-order valence-electron chi connectivity index (χ2n) is 8.52.